The first kappa shape index (κ1) is 16.0. The summed E-state index contributed by atoms with van der Waals surface area (Å²) in [6.07, 6.45) is 1.36. The average Bonchev–Trinajstić information content (AvgIpc) is 2.45. The second-order valence-electron chi connectivity index (χ2n) is 4.56. The molecule has 0 saturated heterocycles. The summed E-state index contributed by atoms with van der Waals surface area (Å²) in [6, 6.07) is 13.9. The molecular formula is C15H16BrNO3S. The van der Waals surface area contributed by atoms with E-state index in [1.165, 1.54) is 0 Å². The van der Waals surface area contributed by atoms with Crippen molar-refractivity contribution in [3.63, 3.8) is 0 Å². The quantitative estimate of drug-likeness (QED) is 0.821. The van der Waals surface area contributed by atoms with Gasteiger partial charge in [0.25, 0.3) is 10.0 Å². The molecule has 0 spiro atoms. The van der Waals surface area contributed by atoms with Crippen LogP contribution in [-0.4, -0.2) is 20.1 Å². The predicted molar refractivity (Wildman–Crippen MR) is 86.8 cm³/mol. The molecule has 0 amide bonds. The van der Waals surface area contributed by atoms with Crippen molar-refractivity contribution >= 4 is 31.6 Å². The smallest absolute Gasteiger partial charge is 0.263 e. The first-order valence-electron chi connectivity index (χ1n) is 6.50. The zero-order valence-corrected chi connectivity index (χ0v) is 13.7. The van der Waals surface area contributed by atoms with Crippen LogP contribution in [0.5, 0.6) is 0 Å². The number of rotatable bonds is 6. The molecule has 0 heterocycles. The Labute approximate surface area is 133 Å². The van der Waals surface area contributed by atoms with Crippen LogP contribution in [-0.2, 0) is 16.4 Å². The topological polar surface area (TPSA) is 66.4 Å². The molecule has 21 heavy (non-hydrogen) atoms. The summed E-state index contributed by atoms with van der Waals surface area (Å²) in [4.78, 5) is 0.200. The average molecular weight is 370 g/mol. The molecule has 6 heteroatoms. The van der Waals surface area contributed by atoms with Gasteiger partial charge >= 0.3 is 0 Å². The number of aryl methyl sites for hydroxylation is 1. The number of anilines is 1. The Kier molecular flexibility index (Phi) is 5.39. The van der Waals surface area contributed by atoms with Crippen LogP contribution in [0.1, 0.15) is 12.0 Å². The Hall–Kier alpha value is -1.37. The molecule has 0 atom stereocenters. The number of hydrogen-bond acceptors (Lipinski definition) is 3. The summed E-state index contributed by atoms with van der Waals surface area (Å²) in [6.45, 7) is 0.118. The zero-order valence-electron chi connectivity index (χ0n) is 11.3. The van der Waals surface area contributed by atoms with Crippen molar-refractivity contribution in [2.75, 3.05) is 11.3 Å². The molecule has 2 aromatic rings. The molecule has 0 aliphatic rings. The van der Waals surface area contributed by atoms with Gasteiger partial charge in [0, 0.05) is 16.8 Å². The van der Waals surface area contributed by atoms with Crippen LogP contribution in [0.15, 0.2) is 57.9 Å². The summed E-state index contributed by atoms with van der Waals surface area (Å²) < 4.78 is 27.8. The number of benzene rings is 2. The summed E-state index contributed by atoms with van der Waals surface area (Å²) in [5.74, 6) is 0. The second-order valence-corrected chi connectivity index (χ2v) is 7.07. The summed E-state index contributed by atoms with van der Waals surface area (Å²) >= 11 is 3.25. The number of hydrogen-bond donors (Lipinski definition) is 2. The minimum Gasteiger partial charge on any atom is -0.396 e. The van der Waals surface area contributed by atoms with E-state index in [4.69, 9.17) is 5.11 Å². The highest BCUT2D eigenvalue weighted by atomic mass is 79.9. The van der Waals surface area contributed by atoms with Crippen LogP contribution in [0.3, 0.4) is 0 Å². The van der Waals surface area contributed by atoms with E-state index < -0.39 is 10.0 Å². The Morgan fingerprint density at radius 1 is 1.10 bits per heavy atom. The number of aliphatic hydroxyl groups excluding tert-OH is 1. The molecule has 0 aliphatic heterocycles. The summed E-state index contributed by atoms with van der Waals surface area (Å²) in [5, 5.41) is 8.85. The van der Waals surface area contributed by atoms with Crippen molar-refractivity contribution in [3.05, 3.63) is 58.6 Å². The third-order valence-corrected chi connectivity index (χ3v) is 5.32. The second kappa shape index (κ2) is 7.06. The van der Waals surface area contributed by atoms with E-state index in [1.807, 2.05) is 6.07 Å². The van der Waals surface area contributed by atoms with Gasteiger partial charge < -0.3 is 5.11 Å². The maximum atomic E-state index is 12.4. The third kappa shape index (κ3) is 4.30. The Balaban J connectivity index is 2.23. The predicted octanol–water partition coefficient (Wildman–Crippen LogP) is 3.17. The van der Waals surface area contributed by atoms with Crippen molar-refractivity contribution in [2.24, 2.45) is 0 Å². The lowest BCUT2D eigenvalue weighted by atomic mass is 10.1. The summed E-state index contributed by atoms with van der Waals surface area (Å²) in [7, 11) is -3.63. The van der Waals surface area contributed by atoms with E-state index in [-0.39, 0.29) is 11.5 Å². The fourth-order valence-electron chi connectivity index (χ4n) is 1.95. The Morgan fingerprint density at radius 2 is 1.86 bits per heavy atom. The van der Waals surface area contributed by atoms with Gasteiger partial charge in [0.15, 0.2) is 0 Å². The lowest BCUT2D eigenvalue weighted by Gasteiger charge is -2.10. The molecule has 2 rings (SSSR count). The molecule has 0 aliphatic carbocycles. The minimum atomic E-state index is -3.63. The molecule has 0 bridgehead atoms. The van der Waals surface area contributed by atoms with Crippen molar-refractivity contribution in [2.45, 2.75) is 17.7 Å². The fraction of sp³-hybridized carbons (Fsp3) is 0.200. The van der Waals surface area contributed by atoms with Crippen molar-refractivity contribution < 1.29 is 13.5 Å². The van der Waals surface area contributed by atoms with Crippen molar-refractivity contribution in [3.8, 4) is 0 Å². The van der Waals surface area contributed by atoms with Gasteiger partial charge in [-0.15, -0.1) is 0 Å². The van der Waals surface area contributed by atoms with Crippen LogP contribution in [0.2, 0.25) is 0 Å². The normalized spacial score (nSPS) is 11.3. The number of aliphatic hydroxyl groups is 1. The van der Waals surface area contributed by atoms with Gasteiger partial charge in [0.1, 0.15) is 4.90 Å². The first-order valence-corrected chi connectivity index (χ1v) is 8.78. The highest BCUT2D eigenvalue weighted by Gasteiger charge is 2.17. The van der Waals surface area contributed by atoms with Crippen LogP contribution in [0.4, 0.5) is 5.69 Å². The van der Waals surface area contributed by atoms with Gasteiger partial charge in [-0.25, -0.2) is 8.42 Å². The van der Waals surface area contributed by atoms with Crippen LogP contribution in [0.25, 0.3) is 0 Å². The van der Waals surface area contributed by atoms with Crippen LogP contribution < -0.4 is 4.72 Å². The van der Waals surface area contributed by atoms with Crippen LogP contribution >= 0.6 is 15.9 Å². The number of nitrogens with one attached hydrogen (secondary N) is 1. The molecule has 4 nitrogen and oxygen atoms in total. The van der Waals surface area contributed by atoms with E-state index in [1.54, 1.807) is 42.5 Å². The first-order chi connectivity index (χ1) is 10.0. The van der Waals surface area contributed by atoms with Crippen molar-refractivity contribution in [1.29, 1.82) is 0 Å². The molecule has 112 valence electrons. The third-order valence-electron chi connectivity index (χ3n) is 2.93. The standard InChI is InChI=1S/C15H16BrNO3S/c16-14-8-1-2-9-15(14)21(19,20)17-13-7-3-5-12(11-13)6-4-10-18/h1-3,5,7-9,11,17-18H,4,6,10H2. The largest absolute Gasteiger partial charge is 0.396 e. The molecule has 0 aromatic heterocycles. The van der Waals surface area contributed by atoms with Gasteiger partial charge in [0.2, 0.25) is 0 Å². The van der Waals surface area contributed by atoms with Gasteiger partial charge in [-0.3, -0.25) is 4.72 Å². The highest BCUT2D eigenvalue weighted by molar-refractivity contribution is 9.10. The lowest BCUT2D eigenvalue weighted by molar-refractivity contribution is 0.288. The zero-order chi connectivity index (χ0) is 15.3. The maximum absolute atomic E-state index is 12.4. The highest BCUT2D eigenvalue weighted by Crippen LogP contribution is 2.24. The molecule has 0 unspecified atom stereocenters. The molecule has 2 N–H and O–H groups in total. The van der Waals surface area contributed by atoms with E-state index in [0.717, 1.165) is 5.56 Å². The molecule has 0 radical (unpaired) electrons. The van der Waals surface area contributed by atoms with Gasteiger partial charge in [-0.1, -0.05) is 24.3 Å². The molecule has 0 fully saturated rings. The Morgan fingerprint density at radius 3 is 2.57 bits per heavy atom. The molecule has 2 aromatic carbocycles. The SMILES string of the molecule is O=S(=O)(Nc1cccc(CCCO)c1)c1ccccc1Br. The van der Waals surface area contributed by atoms with Gasteiger partial charge in [-0.05, 0) is 58.6 Å². The number of sulfonamides is 1. The lowest BCUT2D eigenvalue weighted by Crippen LogP contribution is -2.13. The van der Waals surface area contributed by atoms with Crippen molar-refractivity contribution in [1.82, 2.24) is 0 Å². The molecule has 0 saturated carbocycles. The molecular weight excluding hydrogens is 354 g/mol. The summed E-state index contributed by atoms with van der Waals surface area (Å²) in [5.41, 5.74) is 1.50. The maximum Gasteiger partial charge on any atom is 0.263 e. The van der Waals surface area contributed by atoms with Crippen LogP contribution in [0, 0.1) is 0 Å². The van der Waals surface area contributed by atoms with E-state index >= 15 is 0 Å². The monoisotopic (exact) mass is 369 g/mol. The van der Waals surface area contributed by atoms with E-state index in [9.17, 15) is 8.42 Å². The number of halogens is 1. The van der Waals surface area contributed by atoms with Gasteiger partial charge in [0.05, 0.1) is 0 Å². The Bertz CT molecular complexity index is 716. The van der Waals surface area contributed by atoms with E-state index in [2.05, 4.69) is 20.7 Å². The van der Waals surface area contributed by atoms with Gasteiger partial charge in [-0.2, -0.15) is 0 Å². The fourth-order valence-corrected chi connectivity index (χ4v) is 4.00. The minimum absolute atomic E-state index is 0.118. The van der Waals surface area contributed by atoms with E-state index in [0.29, 0.717) is 23.0 Å².